The zero-order valence-electron chi connectivity index (χ0n) is 12.2. The quantitative estimate of drug-likeness (QED) is 0.766. The highest BCUT2D eigenvalue weighted by Gasteiger charge is 2.34. The van der Waals surface area contributed by atoms with E-state index in [4.69, 9.17) is 9.84 Å². The molecule has 2 rings (SSSR count). The van der Waals surface area contributed by atoms with Gasteiger partial charge in [-0.25, -0.2) is 4.79 Å². The fraction of sp³-hybridized carbons (Fsp3) is 0.400. The molecule has 7 heteroatoms. The molecule has 1 aromatic carbocycles. The van der Waals surface area contributed by atoms with Gasteiger partial charge >= 0.3 is 5.97 Å². The van der Waals surface area contributed by atoms with Crippen molar-refractivity contribution in [2.45, 2.75) is 38.4 Å². The van der Waals surface area contributed by atoms with Crippen molar-refractivity contribution in [3.05, 3.63) is 24.3 Å². The lowest BCUT2D eigenvalue weighted by Crippen LogP contribution is -2.29. The standard InChI is InChI=1S/C15H18N2O5/c1-2-13(18)16-9-3-5-10(6-4-9)17-14(19)11-7-8-12(22-11)15(20)21/h3-6,11-12H,2,7-8H2,1H3,(H,16,18)(H,17,19)(H,20,21)/t11-,12+/m0/s1. The summed E-state index contributed by atoms with van der Waals surface area (Å²) >= 11 is 0. The van der Waals surface area contributed by atoms with Crippen molar-refractivity contribution in [3.63, 3.8) is 0 Å². The second-order valence-corrected chi connectivity index (χ2v) is 5.00. The fourth-order valence-electron chi connectivity index (χ4n) is 2.12. The number of carbonyl (C=O) groups is 3. The minimum atomic E-state index is -1.05. The van der Waals surface area contributed by atoms with Crippen LogP contribution in [0.25, 0.3) is 0 Å². The summed E-state index contributed by atoms with van der Waals surface area (Å²) in [5, 5.41) is 14.2. The van der Waals surface area contributed by atoms with Crippen LogP contribution in [0.3, 0.4) is 0 Å². The number of hydrogen-bond acceptors (Lipinski definition) is 4. The van der Waals surface area contributed by atoms with Crippen molar-refractivity contribution in [1.29, 1.82) is 0 Å². The second-order valence-electron chi connectivity index (χ2n) is 5.00. The number of aliphatic carboxylic acids is 1. The van der Waals surface area contributed by atoms with E-state index in [1.165, 1.54) is 0 Å². The summed E-state index contributed by atoms with van der Waals surface area (Å²) < 4.78 is 5.18. The molecule has 1 aliphatic rings. The number of ether oxygens (including phenoxy) is 1. The number of hydrogen-bond donors (Lipinski definition) is 3. The van der Waals surface area contributed by atoms with Crippen LogP contribution in [0.4, 0.5) is 11.4 Å². The van der Waals surface area contributed by atoms with Crippen molar-refractivity contribution in [2.24, 2.45) is 0 Å². The number of amides is 2. The van der Waals surface area contributed by atoms with Crippen LogP contribution < -0.4 is 10.6 Å². The highest BCUT2D eigenvalue weighted by Crippen LogP contribution is 2.22. The first-order chi connectivity index (χ1) is 10.5. The molecular weight excluding hydrogens is 288 g/mol. The molecule has 1 saturated heterocycles. The Morgan fingerprint density at radius 3 is 2.14 bits per heavy atom. The molecular formula is C15H18N2O5. The Labute approximate surface area is 127 Å². The summed E-state index contributed by atoms with van der Waals surface area (Å²) in [7, 11) is 0. The Balaban J connectivity index is 1.89. The lowest BCUT2D eigenvalue weighted by atomic mass is 10.2. The Kier molecular flexibility index (Phi) is 5.11. The Morgan fingerprint density at radius 2 is 1.64 bits per heavy atom. The van der Waals surface area contributed by atoms with Crippen LogP contribution in [0.1, 0.15) is 26.2 Å². The molecule has 0 unspecified atom stereocenters. The van der Waals surface area contributed by atoms with E-state index in [2.05, 4.69) is 10.6 Å². The van der Waals surface area contributed by atoms with E-state index < -0.39 is 18.2 Å². The smallest absolute Gasteiger partial charge is 0.332 e. The number of carbonyl (C=O) groups excluding carboxylic acids is 2. The summed E-state index contributed by atoms with van der Waals surface area (Å²) in [4.78, 5) is 34.0. The molecule has 22 heavy (non-hydrogen) atoms. The van der Waals surface area contributed by atoms with Crippen LogP contribution in [-0.4, -0.2) is 35.1 Å². The molecule has 118 valence electrons. The number of rotatable bonds is 5. The number of nitrogens with one attached hydrogen (secondary N) is 2. The molecule has 1 aliphatic heterocycles. The van der Waals surface area contributed by atoms with Crippen molar-refractivity contribution in [3.8, 4) is 0 Å². The maximum absolute atomic E-state index is 12.0. The summed E-state index contributed by atoms with van der Waals surface area (Å²) in [6, 6.07) is 6.68. The van der Waals surface area contributed by atoms with Gasteiger partial charge in [0.1, 0.15) is 6.10 Å². The van der Waals surface area contributed by atoms with E-state index in [9.17, 15) is 14.4 Å². The van der Waals surface area contributed by atoms with Crippen molar-refractivity contribution in [1.82, 2.24) is 0 Å². The molecule has 0 saturated carbocycles. The van der Waals surface area contributed by atoms with E-state index in [0.29, 0.717) is 30.6 Å². The van der Waals surface area contributed by atoms with Gasteiger partial charge in [-0.15, -0.1) is 0 Å². The molecule has 0 bridgehead atoms. The van der Waals surface area contributed by atoms with E-state index in [1.807, 2.05) is 0 Å². The Morgan fingerprint density at radius 1 is 1.09 bits per heavy atom. The summed E-state index contributed by atoms with van der Waals surface area (Å²) in [5.41, 5.74) is 1.20. The van der Waals surface area contributed by atoms with Gasteiger partial charge < -0.3 is 20.5 Å². The molecule has 2 atom stereocenters. The monoisotopic (exact) mass is 306 g/mol. The highest BCUT2D eigenvalue weighted by atomic mass is 16.5. The van der Waals surface area contributed by atoms with Gasteiger partial charge in [0, 0.05) is 17.8 Å². The highest BCUT2D eigenvalue weighted by molar-refractivity contribution is 5.95. The van der Waals surface area contributed by atoms with Crippen LogP contribution >= 0.6 is 0 Å². The number of carboxylic acid groups (broad SMARTS) is 1. The lowest BCUT2D eigenvalue weighted by Gasteiger charge is -2.12. The first-order valence-electron chi connectivity index (χ1n) is 7.08. The zero-order chi connectivity index (χ0) is 16.1. The van der Waals surface area contributed by atoms with Gasteiger partial charge in [-0.3, -0.25) is 9.59 Å². The van der Waals surface area contributed by atoms with Crippen molar-refractivity contribution < 1.29 is 24.2 Å². The molecule has 0 aromatic heterocycles. The van der Waals surface area contributed by atoms with Gasteiger partial charge in [0.15, 0.2) is 6.10 Å². The molecule has 7 nitrogen and oxygen atoms in total. The summed E-state index contributed by atoms with van der Waals surface area (Å²) in [5.74, 6) is -1.50. The van der Waals surface area contributed by atoms with Crippen molar-refractivity contribution >= 4 is 29.2 Å². The molecule has 3 N–H and O–H groups in total. The molecule has 2 amide bonds. The maximum Gasteiger partial charge on any atom is 0.332 e. The average Bonchev–Trinajstić information content (AvgIpc) is 2.99. The first-order valence-corrected chi connectivity index (χ1v) is 7.08. The van der Waals surface area contributed by atoms with Gasteiger partial charge in [-0.1, -0.05) is 6.92 Å². The van der Waals surface area contributed by atoms with Crippen LogP contribution in [0.15, 0.2) is 24.3 Å². The Hall–Kier alpha value is -2.41. The average molecular weight is 306 g/mol. The number of benzene rings is 1. The van der Waals surface area contributed by atoms with E-state index in [1.54, 1.807) is 31.2 Å². The van der Waals surface area contributed by atoms with Gasteiger partial charge in [-0.2, -0.15) is 0 Å². The van der Waals surface area contributed by atoms with Crippen LogP contribution in [0, 0.1) is 0 Å². The topological polar surface area (TPSA) is 105 Å². The molecule has 0 aliphatic carbocycles. The fourth-order valence-corrected chi connectivity index (χ4v) is 2.12. The second kappa shape index (κ2) is 7.04. The SMILES string of the molecule is CCC(=O)Nc1ccc(NC(=O)[C@@H]2CC[C@H](C(=O)O)O2)cc1. The van der Waals surface area contributed by atoms with E-state index >= 15 is 0 Å². The minimum absolute atomic E-state index is 0.0872. The van der Waals surface area contributed by atoms with E-state index in [0.717, 1.165) is 0 Å². The normalized spacial score (nSPS) is 20.4. The van der Waals surface area contributed by atoms with Gasteiger partial charge in [0.2, 0.25) is 5.91 Å². The third kappa shape index (κ3) is 4.05. The largest absolute Gasteiger partial charge is 0.479 e. The summed E-state index contributed by atoms with van der Waals surface area (Å²) in [6.45, 7) is 1.76. The molecule has 0 radical (unpaired) electrons. The lowest BCUT2D eigenvalue weighted by molar-refractivity contribution is -0.150. The molecule has 1 fully saturated rings. The number of carboxylic acids is 1. The van der Waals surface area contributed by atoms with Gasteiger partial charge in [0.05, 0.1) is 0 Å². The molecule has 1 aromatic rings. The van der Waals surface area contributed by atoms with Crippen LogP contribution in [0.5, 0.6) is 0 Å². The van der Waals surface area contributed by atoms with Gasteiger partial charge in [-0.05, 0) is 37.1 Å². The Bertz CT molecular complexity index is 570. The van der Waals surface area contributed by atoms with Gasteiger partial charge in [0.25, 0.3) is 5.91 Å². The predicted octanol–water partition coefficient (Wildman–Crippen LogP) is 1.61. The predicted molar refractivity (Wildman–Crippen MR) is 79.5 cm³/mol. The maximum atomic E-state index is 12.0. The zero-order valence-corrected chi connectivity index (χ0v) is 12.2. The molecule has 0 spiro atoms. The third-order valence-electron chi connectivity index (χ3n) is 3.34. The van der Waals surface area contributed by atoms with Crippen LogP contribution in [0.2, 0.25) is 0 Å². The third-order valence-corrected chi connectivity index (χ3v) is 3.34. The molecule has 1 heterocycles. The van der Waals surface area contributed by atoms with Crippen molar-refractivity contribution in [2.75, 3.05) is 10.6 Å². The summed E-state index contributed by atoms with van der Waals surface area (Å²) in [6.07, 6.45) is -0.562. The first kappa shape index (κ1) is 16.0. The van der Waals surface area contributed by atoms with E-state index in [-0.39, 0.29) is 11.8 Å². The van der Waals surface area contributed by atoms with Crippen LogP contribution in [-0.2, 0) is 19.1 Å². The minimum Gasteiger partial charge on any atom is -0.479 e. The number of anilines is 2.